The van der Waals surface area contributed by atoms with Crippen molar-refractivity contribution in [2.75, 3.05) is 11.4 Å². The molecule has 4 rings (SSSR count). The fourth-order valence-corrected chi connectivity index (χ4v) is 4.56. The highest BCUT2D eigenvalue weighted by atomic mass is 35.5. The molecule has 0 aromatic heterocycles. The van der Waals surface area contributed by atoms with Gasteiger partial charge in [0.15, 0.2) is 0 Å². The molecular formula is C23H20Cl2N2O4S. The van der Waals surface area contributed by atoms with Gasteiger partial charge in [0.1, 0.15) is 11.5 Å². The molecule has 0 spiro atoms. The van der Waals surface area contributed by atoms with Crippen LogP contribution in [0.2, 0.25) is 10.0 Å². The van der Waals surface area contributed by atoms with Gasteiger partial charge in [0.25, 0.3) is 0 Å². The Morgan fingerprint density at radius 3 is 2.25 bits per heavy atom. The quantitative estimate of drug-likeness (QED) is 0.527. The van der Waals surface area contributed by atoms with E-state index in [0.29, 0.717) is 33.8 Å². The molecule has 1 heterocycles. The van der Waals surface area contributed by atoms with Gasteiger partial charge >= 0.3 is 0 Å². The van der Waals surface area contributed by atoms with Gasteiger partial charge < -0.3 is 9.64 Å². The van der Waals surface area contributed by atoms with Gasteiger partial charge in [-0.25, -0.2) is 13.6 Å². The summed E-state index contributed by atoms with van der Waals surface area (Å²) in [4.78, 5) is 14.4. The number of nitrogens with two attached hydrogens (primary N) is 1. The molecule has 1 amide bonds. The van der Waals surface area contributed by atoms with Crippen molar-refractivity contribution in [3.05, 3.63) is 81.8 Å². The second-order valence-corrected chi connectivity index (χ2v) is 10.1. The van der Waals surface area contributed by atoms with Gasteiger partial charge in [-0.2, -0.15) is 0 Å². The van der Waals surface area contributed by atoms with Gasteiger partial charge in [0.05, 0.1) is 4.90 Å². The lowest BCUT2D eigenvalue weighted by Crippen LogP contribution is -2.24. The Morgan fingerprint density at radius 2 is 1.59 bits per heavy atom. The van der Waals surface area contributed by atoms with Crippen LogP contribution in [0.3, 0.4) is 0 Å². The molecule has 6 nitrogen and oxygen atoms in total. The Balaban J connectivity index is 1.62. The van der Waals surface area contributed by atoms with E-state index in [1.165, 1.54) is 12.1 Å². The fraction of sp³-hybridized carbons (Fsp3) is 0.174. The van der Waals surface area contributed by atoms with Crippen molar-refractivity contribution in [1.29, 1.82) is 0 Å². The van der Waals surface area contributed by atoms with E-state index in [4.69, 9.17) is 33.1 Å². The predicted molar refractivity (Wildman–Crippen MR) is 125 cm³/mol. The summed E-state index contributed by atoms with van der Waals surface area (Å²) in [5.41, 5.74) is 2.37. The van der Waals surface area contributed by atoms with E-state index in [-0.39, 0.29) is 23.1 Å². The van der Waals surface area contributed by atoms with Crippen LogP contribution in [0.25, 0.3) is 0 Å². The zero-order valence-electron chi connectivity index (χ0n) is 17.1. The van der Waals surface area contributed by atoms with E-state index >= 15 is 0 Å². The van der Waals surface area contributed by atoms with Crippen LogP contribution in [0, 0.1) is 6.92 Å². The lowest BCUT2D eigenvalue weighted by Gasteiger charge is -2.19. The molecule has 0 unspecified atom stereocenters. The third-order valence-electron chi connectivity index (χ3n) is 5.39. The zero-order chi connectivity index (χ0) is 23.0. The summed E-state index contributed by atoms with van der Waals surface area (Å²) in [6, 6.07) is 16.7. The third-order valence-corrected chi connectivity index (χ3v) is 6.79. The number of hydrogen-bond acceptors (Lipinski definition) is 4. The topological polar surface area (TPSA) is 89.7 Å². The summed E-state index contributed by atoms with van der Waals surface area (Å²) in [7, 11) is -3.80. The molecule has 2 N–H and O–H groups in total. The first-order valence-corrected chi connectivity index (χ1v) is 12.1. The highest BCUT2D eigenvalue weighted by Crippen LogP contribution is 2.40. The first-order chi connectivity index (χ1) is 15.1. The predicted octanol–water partition coefficient (Wildman–Crippen LogP) is 5.26. The number of halogens is 2. The van der Waals surface area contributed by atoms with Crippen molar-refractivity contribution >= 4 is 44.8 Å². The van der Waals surface area contributed by atoms with E-state index in [0.717, 1.165) is 11.1 Å². The largest absolute Gasteiger partial charge is 0.457 e. The molecule has 1 aliphatic rings. The van der Waals surface area contributed by atoms with Crippen molar-refractivity contribution < 1.29 is 17.9 Å². The Morgan fingerprint density at radius 1 is 0.969 bits per heavy atom. The minimum Gasteiger partial charge on any atom is -0.457 e. The lowest BCUT2D eigenvalue weighted by molar-refractivity contribution is -0.117. The van der Waals surface area contributed by atoms with Crippen molar-refractivity contribution in [2.24, 2.45) is 5.14 Å². The summed E-state index contributed by atoms with van der Waals surface area (Å²) in [6.07, 6.45) is 0.281. The van der Waals surface area contributed by atoms with Crippen LogP contribution in [0.5, 0.6) is 11.5 Å². The summed E-state index contributed by atoms with van der Waals surface area (Å²) < 4.78 is 29.1. The van der Waals surface area contributed by atoms with Crippen LogP contribution >= 0.6 is 23.2 Å². The molecule has 1 fully saturated rings. The highest BCUT2D eigenvalue weighted by molar-refractivity contribution is 7.89. The molecule has 0 aliphatic carbocycles. The number of ether oxygens (including phenoxy) is 1. The molecule has 166 valence electrons. The molecule has 0 bridgehead atoms. The molecule has 3 aromatic rings. The molecular weight excluding hydrogens is 471 g/mol. The maximum atomic E-state index is 12.8. The number of hydrogen-bond donors (Lipinski definition) is 1. The number of primary sulfonamides is 1. The Bertz CT molecular complexity index is 1290. The van der Waals surface area contributed by atoms with Crippen LogP contribution in [0.4, 0.5) is 5.69 Å². The first-order valence-electron chi connectivity index (χ1n) is 9.78. The number of carbonyl (C=O) groups excluding carboxylic acids is 1. The molecule has 3 aromatic carbocycles. The molecule has 0 radical (unpaired) electrons. The number of rotatable bonds is 5. The Labute approximate surface area is 196 Å². The van der Waals surface area contributed by atoms with E-state index < -0.39 is 10.0 Å². The second-order valence-electron chi connectivity index (χ2n) is 7.64. The van der Waals surface area contributed by atoms with E-state index in [9.17, 15) is 13.2 Å². The van der Waals surface area contributed by atoms with Crippen LogP contribution in [-0.4, -0.2) is 20.9 Å². The van der Waals surface area contributed by atoms with E-state index in [1.807, 2.05) is 19.1 Å². The van der Waals surface area contributed by atoms with Gasteiger partial charge in [-0.05, 0) is 61.0 Å². The van der Waals surface area contributed by atoms with Gasteiger partial charge in [0, 0.05) is 40.2 Å². The fourth-order valence-electron chi connectivity index (χ4n) is 3.72. The summed E-state index contributed by atoms with van der Waals surface area (Å²) in [5.74, 6) is 0.971. The molecule has 9 heteroatoms. The Kier molecular flexibility index (Phi) is 6.18. The van der Waals surface area contributed by atoms with Crippen molar-refractivity contribution in [2.45, 2.75) is 24.2 Å². The van der Waals surface area contributed by atoms with E-state index in [1.54, 1.807) is 41.3 Å². The van der Waals surface area contributed by atoms with Crippen LogP contribution in [-0.2, 0) is 14.8 Å². The summed E-state index contributed by atoms with van der Waals surface area (Å²) in [6.45, 7) is 2.34. The second kappa shape index (κ2) is 8.75. The minimum absolute atomic E-state index is 0.00488. The SMILES string of the molecule is Cc1ccc(Cl)cc1Oc1cc(Cl)ccc1[C@H]1CC(=O)N(c2ccc(S(N)(=O)=O)cc2)C1. The van der Waals surface area contributed by atoms with Crippen LogP contribution < -0.4 is 14.8 Å². The van der Waals surface area contributed by atoms with Crippen molar-refractivity contribution in [1.82, 2.24) is 0 Å². The summed E-state index contributed by atoms with van der Waals surface area (Å²) >= 11 is 12.3. The Hall–Kier alpha value is -2.58. The van der Waals surface area contributed by atoms with Gasteiger partial charge in [0.2, 0.25) is 15.9 Å². The average Bonchev–Trinajstić information content (AvgIpc) is 3.11. The maximum absolute atomic E-state index is 12.8. The zero-order valence-corrected chi connectivity index (χ0v) is 19.4. The number of carbonyl (C=O) groups is 1. The highest BCUT2D eigenvalue weighted by Gasteiger charge is 2.33. The summed E-state index contributed by atoms with van der Waals surface area (Å²) in [5, 5.41) is 6.23. The van der Waals surface area contributed by atoms with Crippen molar-refractivity contribution in [3.63, 3.8) is 0 Å². The van der Waals surface area contributed by atoms with Crippen LogP contribution in [0.1, 0.15) is 23.5 Å². The lowest BCUT2D eigenvalue weighted by atomic mass is 9.97. The molecule has 0 saturated carbocycles. The number of sulfonamides is 1. The van der Waals surface area contributed by atoms with Gasteiger partial charge in [-0.15, -0.1) is 0 Å². The molecule has 1 atom stereocenters. The standard InChI is InChI=1S/C23H20Cl2N2O4S/c1-14-2-3-16(24)11-21(14)31-22-12-17(25)4-9-20(22)15-10-23(28)27(13-15)18-5-7-19(8-6-18)32(26,29)30/h2-9,11-12,15H,10,13H2,1H3,(H2,26,29,30)/t15-/m0/s1. The smallest absolute Gasteiger partial charge is 0.238 e. The number of amides is 1. The van der Waals surface area contributed by atoms with Gasteiger partial charge in [-0.3, -0.25) is 4.79 Å². The van der Waals surface area contributed by atoms with E-state index in [2.05, 4.69) is 0 Å². The third kappa shape index (κ3) is 4.76. The van der Waals surface area contributed by atoms with Gasteiger partial charge in [-0.1, -0.05) is 35.3 Å². The number of anilines is 1. The molecule has 1 saturated heterocycles. The minimum atomic E-state index is -3.80. The monoisotopic (exact) mass is 490 g/mol. The van der Waals surface area contributed by atoms with Crippen molar-refractivity contribution in [3.8, 4) is 11.5 Å². The number of nitrogens with zero attached hydrogens (tertiary/aromatic N) is 1. The first kappa shape index (κ1) is 22.6. The van der Waals surface area contributed by atoms with Crippen LogP contribution in [0.15, 0.2) is 65.6 Å². The number of benzene rings is 3. The number of aryl methyl sites for hydroxylation is 1. The molecule has 1 aliphatic heterocycles. The molecule has 32 heavy (non-hydrogen) atoms. The normalized spacial score (nSPS) is 16.4. The maximum Gasteiger partial charge on any atom is 0.238 e. The average molecular weight is 491 g/mol.